The second-order valence-corrected chi connectivity index (χ2v) is 12.2. The van der Waals surface area contributed by atoms with Gasteiger partial charge in [-0.1, -0.05) is 0 Å². The van der Waals surface area contributed by atoms with Crippen molar-refractivity contribution in [3.05, 3.63) is 29.3 Å². The highest BCUT2D eigenvalue weighted by Crippen LogP contribution is 2.55. The van der Waals surface area contributed by atoms with Gasteiger partial charge in [0.05, 0.1) is 45.9 Å². The fraction of sp³-hybridized carbons (Fsp3) is 0.654. The first kappa shape index (κ1) is 31.5. The zero-order chi connectivity index (χ0) is 30.6. The van der Waals surface area contributed by atoms with Crippen molar-refractivity contribution in [3.63, 3.8) is 0 Å². The molecule has 226 valence electrons. The van der Waals surface area contributed by atoms with Crippen LogP contribution in [0.2, 0.25) is 0 Å². The molecular formula is C26H27F8N3O3S. The van der Waals surface area contributed by atoms with Crippen LogP contribution in [0.5, 0.6) is 0 Å². The van der Waals surface area contributed by atoms with Crippen LogP contribution in [0.3, 0.4) is 0 Å². The van der Waals surface area contributed by atoms with E-state index in [1.54, 1.807) is 13.8 Å². The lowest BCUT2D eigenvalue weighted by Crippen LogP contribution is -2.58. The molecule has 3 heterocycles. The van der Waals surface area contributed by atoms with Crippen molar-refractivity contribution in [2.24, 2.45) is 11.8 Å². The van der Waals surface area contributed by atoms with Gasteiger partial charge in [0.15, 0.2) is 0 Å². The summed E-state index contributed by atoms with van der Waals surface area (Å²) in [4.78, 5) is 29.8. The van der Waals surface area contributed by atoms with Crippen LogP contribution in [0.1, 0.15) is 44.2 Å². The van der Waals surface area contributed by atoms with Gasteiger partial charge >= 0.3 is 18.3 Å². The number of imide groups is 1. The summed E-state index contributed by atoms with van der Waals surface area (Å²) in [7, 11) is 0. The summed E-state index contributed by atoms with van der Waals surface area (Å²) < 4.78 is 110. The second-order valence-electron chi connectivity index (χ2n) is 11.0. The summed E-state index contributed by atoms with van der Waals surface area (Å²) in [5.41, 5.74) is -4.38. The van der Waals surface area contributed by atoms with Gasteiger partial charge in [0.2, 0.25) is 11.8 Å². The van der Waals surface area contributed by atoms with Crippen LogP contribution < -0.4 is 4.90 Å². The van der Waals surface area contributed by atoms with Crippen LogP contribution in [-0.2, 0) is 20.5 Å². The Morgan fingerprint density at radius 3 is 2.05 bits per heavy atom. The van der Waals surface area contributed by atoms with Gasteiger partial charge in [-0.05, 0) is 62.9 Å². The van der Waals surface area contributed by atoms with Gasteiger partial charge in [0, 0.05) is 19.5 Å². The fourth-order valence-corrected chi connectivity index (χ4v) is 7.10. The number of amides is 2. The second kappa shape index (κ2) is 10.7. The fourth-order valence-electron chi connectivity index (χ4n) is 6.21. The molecule has 0 radical (unpaired) electrons. The summed E-state index contributed by atoms with van der Waals surface area (Å²) in [5, 5.41) is 9.06. The van der Waals surface area contributed by atoms with E-state index in [1.165, 1.54) is 17.8 Å². The highest BCUT2D eigenvalue weighted by atomic mass is 32.2. The number of rotatable bonds is 9. The first-order valence-corrected chi connectivity index (χ1v) is 13.9. The van der Waals surface area contributed by atoms with Gasteiger partial charge in [0.25, 0.3) is 0 Å². The Balaban J connectivity index is 1.39. The zero-order valence-corrected chi connectivity index (χ0v) is 22.9. The molecule has 0 aliphatic carbocycles. The molecule has 15 heteroatoms. The van der Waals surface area contributed by atoms with E-state index in [-0.39, 0.29) is 31.0 Å². The van der Waals surface area contributed by atoms with E-state index in [4.69, 9.17) is 10.00 Å². The minimum atomic E-state index is -5.56. The number of morpholine rings is 1. The van der Waals surface area contributed by atoms with Gasteiger partial charge in [-0.2, -0.15) is 52.1 Å². The number of halogens is 8. The third kappa shape index (κ3) is 5.79. The Morgan fingerprint density at radius 1 is 0.976 bits per heavy atom. The maximum Gasteiger partial charge on any atom is 0.453 e. The normalized spacial score (nSPS) is 28.8. The maximum atomic E-state index is 13.5. The molecule has 0 spiro atoms. The third-order valence-electron chi connectivity index (χ3n) is 7.81. The summed E-state index contributed by atoms with van der Waals surface area (Å²) in [5.74, 6) is -7.33. The minimum Gasteiger partial charge on any atom is -0.365 e. The van der Waals surface area contributed by atoms with E-state index in [1.807, 2.05) is 4.90 Å². The molecule has 3 saturated heterocycles. The number of benzene rings is 1. The average molecular weight is 614 g/mol. The molecule has 3 aliphatic heterocycles. The number of nitriles is 1. The largest absolute Gasteiger partial charge is 0.453 e. The summed E-state index contributed by atoms with van der Waals surface area (Å²) in [6.07, 6.45) is -11.4. The lowest BCUT2D eigenvalue weighted by molar-refractivity contribution is -0.284. The highest BCUT2D eigenvalue weighted by Gasteiger charge is 2.71. The number of carbonyl (C=O) groups excluding carboxylic acids is 2. The van der Waals surface area contributed by atoms with Gasteiger partial charge in [-0.15, -0.1) is 0 Å². The van der Waals surface area contributed by atoms with E-state index < -0.39 is 70.7 Å². The molecule has 0 saturated carbocycles. The molecule has 2 bridgehead atoms. The van der Waals surface area contributed by atoms with Crippen LogP contribution in [0.4, 0.5) is 40.8 Å². The molecule has 2 amide bonds. The van der Waals surface area contributed by atoms with Crippen molar-refractivity contribution >= 4 is 29.3 Å². The molecule has 6 nitrogen and oxygen atoms in total. The minimum absolute atomic E-state index is 0.137. The van der Waals surface area contributed by atoms with Crippen molar-refractivity contribution in [2.75, 3.05) is 36.0 Å². The topological polar surface area (TPSA) is 73.6 Å². The summed E-state index contributed by atoms with van der Waals surface area (Å²) in [6.45, 7) is 4.34. The molecule has 0 N–H and O–H groups in total. The number of hydrogen-bond donors (Lipinski definition) is 0. The number of thioether (sulfide) groups is 1. The van der Waals surface area contributed by atoms with Gasteiger partial charge < -0.3 is 4.74 Å². The predicted octanol–water partition coefficient (Wildman–Crippen LogP) is 5.65. The monoisotopic (exact) mass is 613 g/mol. The predicted molar refractivity (Wildman–Crippen MR) is 132 cm³/mol. The number of alkyl halides is 8. The van der Waals surface area contributed by atoms with Crippen molar-refractivity contribution in [1.82, 2.24) is 4.90 Å². The van der Waals surface area contributed by atoms with E-state index >= 15 is 0 Å². The molecule has 0 aromatic heterocycles. The number of ether oxygens (including phenoxy) is 1. The number of fused-ring (bicyclic) bond motifs is 5. The standard InChI is InChI=1S/C26H27F8N3O3S/c1-22-13-36(8-4-10-41-9-3-7-24(27,28)26(32,33)34)14-23(2,40-22)19-18(22)20(38)37(21(19)39)16-6-5-15(12-35)17(11-16)25(29,30)31/h5-6,11,18-19H,3-4,7-10,13-14H2,1-2H3/t18-,19?,22+,23-/m0/s1. The number of nitrogens with zero attached hydrogens (tertiary/aromatic N) is 3. The average Bonchev–Trinajstić information content (AvgIpc) is 3.21. The quantitative estimate of drug-likeness (QED) is 0.204. The zero-order valence-electron chi connectivity index (χ0n) is 22.0. The Morgan fingerprint density at radius 2 is 1.54 bits per heavy atom. The van der Waals surface area contributed by atoms with Gasteiger partial charge in [0.1, 0.15) is 0 Å². The van der Waals surface area contributed by atoms with E-state index in [0.29, 0.717) is 24.8 Å². The third-order valence-corrected chi connectivity index (χ3v) is 8.96. The van der Waals surface area contributed by atoms with Crippen LogP contribution in [0, 0.1) is 23.2 Å². The molecule has 4 atom stereocenters. The Labute approximate surface area is 235 Å². The van der Waals surface area contributed by atoms with Crippen molar-refractivity contribution < 1.29 is 49.4 Å². The lowest BCUT2D eigenvalue weighted by atomic mass is 9.79. The summed E-state index contributed by atoms with van der Waals surface area (Å²) >= 11 is 1.26. The molecule has 1 unspecified atom stereocenters. The molecule has 4 rings (SSSR count). The van der Waals surface area contributed by atoms with Crippen LogP contribution in [0.15, 0.2) is 18.2 Å². The number of anilines is 1. The first-order chi connectivity index (χ1) is 18.8. The first-order valence-electron chi connectivity index (χ1n) is 12.8. The highest BCUT2D eigenvalue weighted by molar-refractivity contribution is 7.99. The number of hydrogen-bond acceptors (Lipinski definition) is 6. The molecule has 41 heavy (non-hydrogen) atoms. The Bertz CT molecular complexity index is 1210. The van der Waals surface area contributed by atoms with Gasteiger partial charge in [-0.3, -0.25) is 14.5 Å². The number of carbonyl (C=O) groups is 2. The molecule has 1 aromatic carbocycles. The van der Waals surface area contributed by atoms with E-state index in [9.17, 15) is 44.7 Å². The molecule has 1 aromatic rings. The lowest BCUT2D eigenvalue weighted by Gasteiger charge is -2.45. The summed E-state index contributed by atoms with van der Waals surface area (Å²) in [6, 6.07) is 4.16. The maximum absolute atomic E-state index is 13.5. The van der Waals surface area contributed by atoms with Crippen LogP contribution in [0.25, 0.3) is 0 Å². The van der Waals surface area contributed by atoms with Crippen molar-refractivity contribution in [3.8, 4) is 6.07 Å². The van der Waals surface area contributed by atoms with Crippen molar-refractivity contribution in [1.29, 1.82) is 5.26 Å². The van der Waals surface area contributed by atoms with Crippen LogP contribution >= 0.6 is 11.8 Å². The van der Waals surface area contributed by atoms with E-state index in [0.717, 1.165) is 17.0 Å². The van der Waals surface area contributed by atoms with Gasteiger partial charge in [-0.25, -0.2) is 4.90 Å². The SMILES string of the molecule is C[C@]12CN(CCCSCCCC(F)(F)C(F)(F)F)C[C@](C)(O1)C1C(=O)N(c3ccc(C#N)c(C(F)(F)F)c3)C(=O)[C@H]12. The molecule has 3 fully saturated rings. The van der Waals surface area contributed by atoms with Crippen LogP contribution in [-0.4, -0.2) is 71.2 Å². The Kier molecular flexibility index (Phi) is 8.20. The molecular weight excluding hydrogens is 586 g/mol. The Hall–Kier alpha value is -2.44. The smallest absolute Gasteiger partial charge is 0.365 e. The number of likely N-dealkylation sites (tertiary alicyclic amines) is 1. The molecule has 3 aliphatic rings. The van der Waals surface area contributed by atoms with Crippen molar-refractivity contribution in [2.45, 2.75) is 62.6 Å². The van der Waals surface area contributed by atoms with E-state index in [2.05, 4.69) is 0 Å².